The van der Waals surface area contributed by atoms with Gasteiger partial charge in [-0.25, -0.2) is 9.67 Å². The lowest BCUT2D eigenvalue weighted by Gasteiger charge is -2.30. The van der Waals surface area contributed by atoms with Crippen molar-refractivity contribution in [1.82, 2.24) is 14.8 Å². The SMILES string of the molecule is CC(C)(CCl)C(O)/C(=C/c1ccc(Cl)cc1)n1cncn1. The Hall–Kier alpha value is -1.36. The van der Waals surface area contributed by atoms with E-state index in [1.807, 2.05) is 32.1 Å². The van der Waals surface area contributed by atoms with Crippen LogP contribution in [0.4, 0.5) is 0 Å². The second kappa shape index (κ2) is 6.60. The van der Waals surface area contributed by atoms with Gasteiger partial charge < -0.3 is 5.11 Å². The predicted octanol–water partition coefficient (Wildman–Crippen LogP) is 3.56. The summed E-state index contributed by atoms with van der Waals surface area (Å²) in [6.45, 7) is 3.80. The number of benzene rings is 1. The van der Waals surface area contributed by atoms with Crippen LogP contribution in [0.2, 0.25) is 5.02 Å². The third kappa shape index (κ3) is 3.84. The molecule has 21 heavy (non-hydrogen) atoms. The van der Waals surface area contributed by atoms with Crippen molar-refractivity contribution in [2.24, 2.45) is 5.41 Å². The van der Waals surface area contributed by atoms with Gasteiger partial charge in [0.2, 0.25) is 0 Å². The zero-order valence-electron chi connectivity index (χ0n) is 11.9. The highest BCUT2D eigenvalue weighted by Gasteiger charge is 2.31. The molecular weight excluding hydrogens is 309 g/mol. The minimum Gasteiger partial charge on any atom is -0.386 e. The topological polar surface area (TPSA) is 50.9 Å². The van der Waals surface area contributed by atoms with Gasteiger partial charge in [0.15, 0.2) is 0 Å². The quantitative estimate of drug-likeness (QED) is 0.855. The smallest absolute Gasteiger partial charge is 0.138 e. The zero-order chi connectivity index (χ0) is 15.5. The maximum Gasteiger partial charge on any atom is 0.138 e. The monoisotopic (exact) mass is 325 g/mol. The number of hydrogen-bond acceptors (Lipinski definition) is 3. The third-order valence-electron chi connectivity index (χ3n) is 3.23. The van der Waals surface area contributed by atoms with Crippen LogP contribution in [0.15, 0.2) is 36.9 Å². The van der Waals surface area contributed by atoms with Gasteiger partial charge in [0, 0.05) is 16.3 Å². The number of aliphatic hydroxyl groups is 1. The molecule has 0 spiro atoms. The largest absolute Gasteiger partial charge is 0.386 e. The standard InChI is InChI=1S/C15H17Cl2N3O/c1-15(2,8-16)14(21)13(20-10-18-9-19-20)7-11-3-5-12(17)6-4-11/h3-7,9-10,14,21H,8H2,1-2H3/b13-7-. The molecule has 0 aliphatic carbocycles. The lowest BCUT2D eigenvalue weighted by Crippen LogP contribution is -2.34. The van der Waals surface area contributed by atoms with Crippen molar-refractivity contribution in [3.05, 3.63) is 47.5 Å². The molecule has 1 atom stereocenters. The third-order valence-corrected chi connectivity index (χ3v) is 4.17. The Morgan fingerprint density at radius 2 is 2.05 bits per heavy atom. The van der Waals surface area contributed by atoms with E-state index >= 15 is 0 Å². The molecule has 4 nitrogen and oxygen atoms in total. The molecule has 2 rings (SSSR count). The molecule has 1 aromatic heterocycles. The van der Waals surface area contributed by atoms with Crippen LogP contribution in [0, 0.1) is 5.41 Å². The van der Waals surface area contributed by atoms with E-state index < -0.39 is 11.5 Å². The van der Waals surface area contributed by atoms with Crippen LogP contribution in [-0.4, -0.2) is 31.9 Å². The van der Waals surface area contributed by atoms with E-state index in [4.69, 9.17) is 23.2 Å². The van der Waals surface area contributed by atoms with Gasteiger partial charge in [0.25, 0.3) is 0 Å². The van der Waals surface area contributed by atoms with Crippen molar-refractivity contribution >= 4 is 35.0 Å². The van der Waals surface area contributed by atoms with E-state index in [-0.39, 0.29) is 0 Å². The molecule has 0 aliphatic rings. The van der Waals surface area contributed by atoms with Crippen molar-refractivity contribution in [2.75, 3.05) is 5.88 Å². The zero-order valence-corrected chi connectivity index (χ0v) is 13.4. The molecule has 1 heterocycles. The molecule has 0 saturated heterocycles. The predicted molar refractivity (Wildman–Crippen MR) is 86.1 cm³/mol. The lowest BCUT2D eigenvalue weighted by molar-refractivity contribution is 0.111. The number of aromatic nitrogens is 3. The fraction of sp³-hybridized carbons (Fsp3) is 0.333. The van der Waals surface area contributed by atoms with Crippen molar-refractivity contribution in [3.63, 3.8) is 0 Å². The van der Waals surface area contributed by atoms with Gasteiger partial charge in [0.05, 0.1) is 5.70 Å². The number of hydrogen-bond donors (Lipinski definition) is 1. The Morgan fingerprint density at radius 1 is 1.38 bits per heavy atom. The molecule has 112 valence electrons. The van der Waals surface area contributed by atoms with Crippen LogP contribution < -0.4 is 0 Å². The van der Waals surface area contributed by atoms with E-state index in [2.05, 4.69) is 10.1 Å². The van der Waals surface area contributed by atoms with E-state index in [1.165, 1.54) is 6.33 Å². The second-order valence-electron chi connectivity index (χ2n) is 5.49. The van der Waals surface area contributed by atoms with E-state index in [0.29, 0.717) is 16.6 Å². The van der Waals surface area contributed by atoms with Crippen molar-refractivity contribution < 1.29 is 5.11 Å². The average Bonchev–Trinajstić information content (AvgIpc) is 3.00. The first-order chi connectivity index (χ1) is 9.94. The fourth-order valence-corrected chi connectivity index (χ4v) is 2.09. The second-order valence-corrected chi connectivity index (χ2v) is 6.19. The maximum atomic E-state index is 10.7. The summed E-state index contributed by atoms with van der Waals surface area (Å²) < 4.78 is 1.55. The van der Waals surface area contributed by atoms with Gasteiger partial charge in [-0.3, -0.25) is 0 Å². The van der Waals surface area contributed by atoms with Crippen LogP contribution in [0.25, 0.3) is 11.8 Å². The molecule has 0 bridgehead atoms. The minimum absolute atomic E-state index is 0.320. The molecular formula is C15H17Cl2N3O. The number of halogens is 2. The summed E-state index contributed by atoms with van der Waals surface area (Å²) >= 11 is 11.9. The van der Waals surface area contributed by atoms with Crippen molar-refractivity contribution in [1.29, 1.82) is 0 Å². The van der Waals surface area contributed by atoms with Crippen LogP contribution in [-0.2, 0) is 0 Å². The van der Waals surface area contributed by atoms with E-state index in [0.717, 1.165) is 5.56 Å². The molecule has 6 heteroatoms. The summed E-state index contributed by atoms with van der Waals surface area (Å²) in [4.78, 5) is 3.93. The lowest BCUT2D eigenvalue weighted by atomic mass is 9.86. The summed E-state index contributed by atoms with van der Waals surface area (Å²) in [6, 6.07) is 7.34. The number of rotatable bonds is 5. The summed E-state index contributed by atoms with van der Waals surface area (Å²) in [7, 11) is 0. The number of alkyl halides is 1. The molecule has 1 aromatic carbocycles. The van der Waals surface area contributed by atoms with Crippen molar-refractivity contribution in [3.8, 4) is 0 Å². The molecule has 2 aromatic rings. The molecule has 0 saturated carbocycles. The van der Waals surface area contributed by atoms with Gasteiger partial charge in [-0.15, -0.1) is 11.6 Å². The summed E-state index contributed by atoms with van der Waals surface area (Å²) in [5.74, 6) is 0.320. The Labute approximate surface area is 134 Å². The summed E-state index contributed by atoms with van der Waals surface area (Å²) in [6.07, 6.45) is 4.04. The number of aliphatic hydroxyl groups excluding tert-OH is 1. The first kappa shape index (κ1) is 16.0. The highest BCUT2D eigenvalue weighted by Crippen LogP contribution is 2.30. The average molecular weight is 326 g/mol. The fourth-order valence-electron chi connectivity index (χ4n) is 1.82. The van der Waals surface area contributed by atoms with Crippen LogP contribution in [0.3, 0.4) is 0 Å². The molecule has 1 N–H and O–H groups in total. The highest BCUT2D eigenvalue weighted by molar-refractivity contribution is 6.30. The summed E-state index contributed by atoms with van der Waals surface area (Å²) in [5.41, 5.74) is 1.03. The Morgan fingerprint density at radius 3 is 2.57 bits per heavy atom. The van der Waals surface area contributed by atoms with Gasteiger partial charge in [-0.2, -0.15) is 5.10 Å². The first-order valence-electron chi connectivity index (χ1n) is 6.50. The van der Waals surface area contributed by atoms with Crippen LogP contribution in [0.1, 0.15) is 19.4 Å². The highest BCUT2D eigenvalue weighted by atomic mass is 35.5. The van der Waals surface area contributed by atoms with Crippen LogP contribution >= 0.6 is 23.2 Å². The Bertz CT molecular complexity index is 606. The molecule has 0 amide bonds. The summed E-state index contributed by atoms with van der Waals surface area (Å²) in [5, 5.41) is 15.4. The Balaban J connectivity index is 2.44. The van der Waals surface area contributed by atoms with Gasteiger partial charge >= 0.3 is 0 Å². The molecule has 0 aliphatic heterocycles. The van der Waals surface area contributed by atoms with E-state index in [9.17, 15) is 5.11 Å². The van der Waals surface area contributed by atoms with Gasteiger partial charge in [-0.05, 0) is 23.8 Å². The minimum atomic E-state index is -0.785. The van der Waals surface area contributed by atoms with Gasteiger partial charge in [0.1, 0.15) is 18.8 Å². The maximum absolute atomic E-state index is 10.7. The van der Waals surface area contributed by atoms with Crippen LogP contribution in [0.5, 0.6) is 0 Å². The van der Waals surface area contributed by atoms with E-state index in [1.54, 1.807) is 23.1 Å². The van der Waals surface area contributed by atoms with Crippen molar-refractivity contribution in [2.45, 2.75) is 20.0 Å². The molecule has 0 fully saturated rings. The number of nitrogens with zero attached hydrogens (tertiary/aromatic N) is 3. The first-order valence-corrected chi connectivity index (χ1v) is 7.41. The van der Waals surface area contributed by atoms with Gasteiger partial charge in [-0.1, -0.05) is 37.6 Å². The normalized spacial score (nSPS) is 14.2. The molecule has 1 unspecified atom stereocenters. The Kier molecular flexibility index (Phi) is 5.04. The molecule has 0 radical (unpaired) electrons.